The van der Waals surface area contributed by atoms with Gasteiger partial charge in [-0.25, -0.2) is 0 Å². The number of benzene rings is 1. The molecule has 1 N–H and O–H groups in total. The Morgan fingerprint density at radius 1 is 1.22 bits per heavy atom. The van der Waals surface area contributed by atoms with E-state index in [1.54, 1.807) is 61.7 Å². The van der Waals surface area contributed by atoms with Crippen LogP contribution in [0.1, 0.15) is 21.5 Å². The molecule has 0 saturated carbocycles. The van der Waals surface area contributed by atoms with E-state index in [1.807, 2.05) is 12.1 Å². The first-order valence-electron chi connectivity index (χ1n) is 7.24. The quantitative estimate of drug-likeness (QED) is 0.861. The van der Waals surface area contributed by atoms with Gasteiger partial charge in [-0.2, -0.15) is 0 Å². The SMILES string of the molecule is CNC(=O)c1ccc(/C=C/C(=O)N(C)Cc2cccnc2)cc1. The number of nitrogens with zero attached hydrogens (tertiary/aromatic N) is 2. The fraction of sp³-hybridized carbons (Fsp3) is 0.167. The second-order valence-electron chi connectivity index (χ2n) is 5.09. The minimum absolute atomic E-state index is 0.0933. The Kier molecular flexibility index (Phi) is 5.63. The van der Waals surface area contributed by atoms with E-state index in [-0.39, 0.29) is 11.8 Å². The summed E-state index contributed by atoms with van der Waals surface area (Å²) in [6.45, 7) is 0.507. The molecule has 0 saturated heterocycles. The number of hydrogen-bond acceptors (Lipinski definition) is 3. The average Bonchev–Trinajstić information content (AvgIpc) is 2.60. The maximum Gasteiger partial charge on any atom is 0.251 e. The lowest BCUT2D eigenvalue weighted by Gasteiger charge is -2.14. The number of pyridine rings is 1. The van der Waals surface area contributed by atoms with Gasteiger partial charge in [0.2, 0.25) is 5.91 Å². The highest BCUT2D eigenvalue weighted by molar-refractivity contribution is 5.94. The summed E-state index contributed by atoms with van der Waals surface area (Å²) in [4.78, 5) is 29.2. The summed E-state index contributed by atoms with van der Waals surface area (Å²) in [7, 11) is 3.33. The van der Waals surface area contributed by atoms with Crippen LogP contribution in [0.3, 0.4) is 0 Å². The summed E-state index contributed by atoms with van der Waals surface area (Å²) in [6.07, 6.45) is 6.69. The third-order valence-corrected chi connectivity index (χ3v) is 3.34. The van der Waals surface area contributed by atoms with Gasteiger partial charge in [0.05, 0.1) is 0 Å². The minimum Gasteiger partial charge on any atom is -0.355 e. The molecule has 1 aromatic heterocycles. The van der Waals surface area contributed by atoms with E-state index in [4.69, 9.17) is 0 Å². The number of aromatic nitrogens is 1. The van der Waals surface area contributed by atoms with Gasteiger partial charge in [-0.1, -0.05) is 18.2 Å². The molecule has 0 aliphatic carbocycles. The Balaban J connectivity index is 1.96. The molecule has 0 unspecified atom stereocenters. The number of amides is 2. The molecule has 1 aromatic carbocycles. The van der Waals surface area contributed by atoms with Crippen LogP contribution >= 0.6 is 0 Å². The van der Waals surface area contributed by atoms with Crippen molar-refractivity contribution in [3.63, 3.8) is 0 Å². The number of carbonyl (C=O) groups excluding carboxylic acids is 2. The fourth-order valence-electron chi connectivity index (χ4n) is 2.03. The average molecular weight is 309 g/mol. The summed E-state index contributed by atoms with van der Waals surface area (Å²) in [5.74, 6) is -0.225. The van der Waals surface area contributed by atoms with Crippen LogP contribution in [-0.2, 0) is 11.3 Å². The second-order valence-corrected chi connectivity index (χ2v) is 5.09. The molecule has 0 aliphatic rings. The molecule has 0 fully saturated rings. The van der Waals surface area contributed by atoms with Gasteiger partial charge in [0.15, 0.2) is 0 Å². The third-order valence-electron chi connectivity index (χ3n) is 3.34. The molecule has 0 spiro atoms. The summed E-state index contributed by atoms with van der Waals surface area (Å²) in [5, 5.41) is 2.57. The molecular weight excluding hydrogens is 290 g/mol. The highest BCUT2D eigenvalue weighted by atomic mass is 16.2. The first kappa shape index (κ1) is 16.4. The molecule has 118 valence electrons. The molecule has 0 bridgehead atoms. The van der Waals surface area contributed by atoms with Crippen molar-refractivity contribution < 1.29 is 9.59 Å². The molecular formula is C18H19N3O2. The lowest BCUT2D eigenvalue weighted by atomic mass is 10.1. The van der Waals surface area contributed by atoms with Crippen LogP contribution < -0.4 is 5.32 Å². The molecule has 2 rings (SSSR count). The van der Waals surface area contributed by atoms with Crippen molar-refractivity contribution in [1.29, 1.82) is 0 Å². The van der Waals surface area contributed by atoms with E-state index in [1.165, 1.54) is 6.08 Å². The standard InChI is InChI=1S/C18H19N3O2/c1-19-18(23)16-8-5-14(6-9-16)7-10-17(22)21(2)13-15-4-3-11-20-12-15/h3-12H,13H2,1-2H3,(H,19,23)/b10-7+. The van der Waals surface area contributed by atoms with Gasteiger partial charge >= 0.3 is 0 Å². The molecule has 2 aromatic rings. The van der Waals surface area contributed by atoms with Crippen molar-refractivity contribution in [2.45, 2.75) is 6.54 Å². The van der Waals surface area contributed by atoms with Gasteiger partial charge in [0.25, 0.3) is 5.91 Å². The van der Waals surface area contributed by atoms with Gasteiger partial charge in [-0.15, -0.1) is 0 Å². The van der Waals surface area contributed by atoms with Gasteiger partial charge in [-0.3, -0.25) is 14.6 Å². The molecule has 0 radical (unpaired) electrons. The van der Waals surface area contributed by atoms with Crippen LogP contribution in [0.25, 0.3) is 6.08 Å². The van der Waals surface area contributed by atoms with Crippen molar-refractivity contribution in [2.24, 2.45) is 0 Å². The summed E-state index contributed by atoms with van der Waals surface area (Å²) in [6, 6.07) is 10.8. The smallest absolute Gasteiger partial charge is 0.251 e. The van der Waals surface area contributed by atoms with Crippen molar-refractivity contribution in [3.05, 3.63) is 71.6 Å². The number of hydrogen-bond donors (Lipinski definition) is 1. The lowest BCUT2D eigenvalue weighted by Crippen LogP contribution is -2.24. The zero-order valence-corrected chi connectivity index (χ0v) is 13.2. The highest BCUT2D eigenvalue weighted by Gasteiger charge is 2.06. The largest absolute Gasteiger partial charge is 0.355 e. The first-order chi connectivity index (χ1) is 11.1. The van der Waals surface area contributed by atoms with Crippen molar-refractivity contribution in [3.8, 4) is 0 Å². The van der Waals surface area contributed by atoms with E-state index >= 15 is 0 Å². The second kappa shape index (κ2) is 7.89. The maximum atomic E-state index is 12.1. The normalized spacial score (nSPS) is 10.5. The zero-order chi connectivity index (χ0) is 16.7. The predicted molar refractivity (Wildman–Crippen MR) is 89.6 cm³/mol. The Morgan fingerprint density at radius 2 is 1.96 bits per heavy atom. The van der Waals surface area contributed by atoms with E-state index in [2.05, 4.69) is 10.3 Å². The molecule has 2 amide bonds. The fourth-order valence-corrected chi connectivity index (χ4v) is 2.03. The number of carbonyl (C=O) groups is 2. The van der Waals surface area contributed by atoms with Gasteiger partial charge in [-0.05, 0) is 35.4 Å². The third kappa shape index (κ3) is 4.78. The summed E-state index contributed by atoms with van der Waals surface area (Å²) >= 11 is 0. The Morgan fingerprint density at radius 3 is 2.57 bits per heavy atom. The molecule has 0 atom stereocenters. The van der Waals surface area contributed by atoms with Crippen molar-refractivity contribution >= 4 is 17.9 Å². The topological polar surface area (TPSA) is 62.3 Å². The number of likely N-dealkylation sites (N-methyl/N-ethyl adjacent to an activating group) is 1. The minimum atomic E-state index is -0.132. The van der Waals surface area contributed by atoms with Gasteiger partial charge in [0, 0.05) is 44.7 Å². The molecule has 5 heteroatoms. The highest BCUT2D eigenvalue weighted by Crippen LogP contribution is 2.07. The van der Waals surface area contributed by atoms with E-state index in [0.717, 1.165) is 11.1 Å². The molecule has 1 heterocycles. The van der Waals surface area contributed by atoms with Crippen molar-refractivity contribution in [2.75, 3.05) is 14.1 Å². The predicted octanol–water partition coefficient (Wildman–Crippen LogP) is 2.11. The van der Waals surface area contributed by atoms with E-state index in [9.17, 15) is 9.59 Å². The Bertz CT molecular complexity index is 694. The Hall–Kier alpha value is -2.95. The summed E-state index contributed by atoms with van der Waals surface area (Å²) < 4.78 is 0. The van der Waals surface area contributed by atoms with Crippen LogP contribution in [0.2, 0.25) is 0 Å². The molecule has 5 nitrogen and oxygen atoms in total. The lowest BCUT2D eigenvalue weighted by molar-refractivity contribution is -0.125. The van der Waals surface area contributed by atoms with Crippen molar-refractivity contribution in [1.82, 2.24) is 15.2 Å². The molecule has 23 heavy (non-hydrogen) atoms. The van der Waals surface area contributed by atoms with Crippen LogP contribution in [0.4, 0.5) is 0 Å². The zero-order valence-electron chi connectivity index (χ0n) is 13.2. The summed E-state index contributed by atoms with van der Waals surface area (Å²) in [5.41, 5.74) is 2.43. The monoisotopic (exact) mass is 309 g/mol. The van der Waals surface area contributed by atoms with Crippen LogP contribution in [-0.4, -0.2) is 35.8 Å². The van der Waals surface area contributed by atoms with Crippen LogP contribution in [0.5, 0.6) is 0 Å². The van der Waals surface area contributed by atoms with Gasteiger partial charge in [0.1, 0.15) is 0 Å². The number of nitrogens with one attached hydrogen (secondary N) is 1. The first-order valence-corrected chi connectivity index (χ1v) is 7.24. The maximum absolute atomic E-state index is 12.1. The van der Waals surface area contributed by atoms with E-state index < -0.39 is 0 Å². The van der Waals surface area contributed by atoms with E-state index in [0.29, 0.717) is 12.1 Å². The molecule has 0 aliphatic heterocycles. The van der Waals surface area contributed by atoms with Crippen LogP contribution in [0, 0.1) is 0 Å². The Labute approximate surface area is 135 Å². The number of rotatable bonds is 5. The van der Waals surface area contributed by atoms with Crippen LogP contribution in [0.15, 0.2) is 54.9 Å². The van der Waals surface area contributed by atoms with Gasteiger partial charge < -0.3 is 10.2 Å².